The van der Waals surface area contributed by atoms with Gasteiger partial charge in [0.15, 0.2) is 8.80 Å². The van der Waals surface area contributed by atoms with Crippen LogP contribution >= 0.6 is 0 Å². The van der Waals surface area contributed by atoms with Gasteiger partial charge in [0.1, 0.15) is 5.91 Å². The molecule has 1 heterocycles. The summed E-state index contributed by atoms with van der Waals surface area (Å²) < 4.78 is 11.4. The lowest BCUT2D eigenvalue weighted by molar-refractivity contribution is -0.0838. The van der Waals surface area contributed by atoms with Crippen LogP contribution in [-0.4, -0.2) is 39.8 Å². The average molecular weight is 256 g/mol. The van der Waals surface area contributed by atoms with E-state index in [0.29, 0.717) is 0 Å². The molecule has 0 N–H and O–H groups in total. The molecule has 99 valence electrons. The third kappa shape index (κ3) is 5.32. The topological polar surface area (TPSA) is 30.8 Å². The number of hydrogen-bond donors (Lipinski definition) is 0. The minimum absolute atomic E-state index is 0.0202. The van der Waals surface area contributed by atoms with E-state index in [9.17, 15) is 0 Å². The molecule has 1 aliphatic heterocycles. The highest BCUT2D eigenvalue weighted by Gasteiger charge is 2.25. The molecule has 4 heteroatoms. The molecule has 0 aromatic heterocycles. The third-order valence-electron chi connectivity index (χ3n) is 3.07. The Morgan fingerprint density at radius 3 is 2.41 bits per heavy atom. The molecule has 0 bridgehead atoms. The van der Waals surface area contributed by atoms with Gasteiger partial charge in [-0.25, -0.2) is 0 Å². The minimum atomic E-state index is -0.787. The molecule has 0 saturated heterocycles. The summed E-state index contributed by atoms with van der Waals surface area (Å²) in [6.07, 6.45) is 6.37. The van der Waals surface area contributed by atoms with Crippen LogP contribution in [0.15, 0.2) is 4.99 Å². The van der Waals surface area contributed by atoms with Crippen LogP contribution in [0, 0.1) is 0 Å². The Morgan fingerprint density at radius 1 is 1.12 bits per heavy atom. The maximum absolute atomic E-state index is 5.71. The number of nitrogens with zero attached hydrogens (tertiary/aromatic N) is 1. The second kappa shape index (κ2) is 8.83. The van der Waals surface area contributed by atoms with Crippen molar-refractivity contribution in [2.45, 2.75) is 58.4 Å². The Morgan fingerprint density at radius 2 is 1.76 bits per heavy atom. The number of ether oxygens (including phenoxy) is 2. The number of rotatable bonds is 6. The molecule has 0 amide bonds. The van der Waals surface area contributed by atoms with Crippen LogP contribution in [0.3, 0.4) is 0 Å². The minimum Gasteiger partial charge on any atom is -0.356 e. The molecular formula is C13H26NO2Si. The van der Waals surface area contributed by atoms with Crippen molar-refractivity contribution in [2.75, 3.05) is 19.8 Å². The normalized spacial score (nSPS) is 18.1. The first-order valence-corrected chi connectivity index (χ1v) is 8.97. The van der Waals surface area contributed by atoms with Crippen molar-refractivity contribution in [2.24, 2.45) is 4.99 Å². The quantitative estimate of drug-likeness (QED) is 0.540. The molecule has 0 aromatic carbocycles. The number of aliphatic imine (C=N–C) groups is 1. The standard InChI is InChI=1S/C13H26NO2Si/c1-4-15-13(16-5-2)17(3)12-10-8-6-7-9-11-14-12/h13H,4-11H2,1-3H3. The molecule has 0 aromatic rings. The van der Waals surface area contributed by atoms with Gasteiger partial charge in [0, 0.05) is 25.1 Å². The van der Waals surface area contributed by atoms with Crippen molar-refractivity contribution >= 4 is 14.1 Å². The Balaban J connectivity index is 2.58. The SMILES string of the molecule is CCOC(OCC)[Si](C)C1=NCCCCCC1. The van der Waals surface area contributed by atoms with Gasteiger partial charge in [-0.1, -0.05) is 19.4 Å². The maximum atomic E-state index is 5.71. The van der Waals surface area contributed by atoms with Crippen LogP contribution in [0.1, 0.15) is 46.0 Å². The van der Waals surface area contributed by atoms with Crippen molar-refractivity contribution in [3.63, 3.8) is 0 Å². The Hall–Kier alpha value is -0.193. The Labute approximate surface area is 107 Å². The van der Waals surface area contributed by atoms with Gasteiger partial charge in [-0.05, 0) is 33.1 Å². The largest absolute Gasteiger partial charge is 0.356 e. The monoisotopic (exact) mass is 256 g/mol. The highest BCUT2D eigenvalue weighted by atomic mass is 28.3. The first-order valence-electron chi connectivity index (χ1n) is 6.90. The van der Waals surface area contributed by atoms with Gasteiger partial charge in [0.25, 0.3) is 0 Å². The molecule has 1 aliphatic rings. The van der Waals surface area contributed by atoms with Crippen LogP contribution in [0.5, 0.6) is 0 Å². The van der Waals surface area contributed by atoms with Crippen LogP contribution < -0.4 is 0 Å². The van der Waals surface area contributed by atoms with E-state index in [1.807, 2.05) is 13.8 Å². The summed E-state index contributed by atoms with van der Waals surface area (Å²) in [4.78, 5) is 4.77. The highest BCUT2D eigenvalue weighted by Crippen LogP contribution is 2.13. The van der Waals surface area contributed by atoms with Crippen LogP contribution in [0.4, 0.5) is 0 Å². The van der Waals surface area contributed by atoms with Crippen molar-refractivity contribution in [3.05, 3.63) is 0 Å². The molecule has 1 radical (unpaired) electrons. The molecule has 0 spiro atoms. The van der Waals surface area contributed by atoms with Crippen LogP contribution in [0.2, 0.25) is 6.55 Å². The maximum Gasteiger partial charge on any atom is 0.171 e. The van der Waals surface area contributed by atoms with Crippen molar-refractivity contribution in [3.8, 4) is 0 Å². The third-order valence-corrected chi connectivity index (χ3v) is 5.43. The van der Waals surface area contributed by atoms with Crippen molar-refractivity contribution in [1.29, 1.82) is 0 Å². The number of hydrogen-bond acceptors (Lipinski definition) is 3. The van der Waals surface area contributed by atoms with Crippen molar-refractivity contribution in [1.82, 2.24) is 0 Å². The van der Waals surface area contributed by atoms with Crippen LogP contribution in [0.25, 0.3) is 0 Å². The van der Waals surface area contributed by atoms with Gasteiger partial charge < -0.3 is 9.47 Å². The molecule has 0 unspecified atom stereocenters. The fourth-order valence-corrected chi connectivity index (χ4v) is 4.15. The van der Waals surface area contributed by atoms with E-state index in [4.69, 9.17) is 14.5 Å². The molecule has 3 nitrogen and oxygen atoms in total. The predicted molar refractivity (Wildman–Crippen MR) is 74.0 cm³/mol. The highest BCUT2D eigenvalue weighted by molar-refractivity contribution is 6.91. The molecular weight excluding hydrogens is 230 g/mol. The Bertz CT molecular complexity index is 227. The zero-order valence-electron chi connectivity index (χ0n) is 11.5. The van der Waals surface area contributed by atoms with E-state index < -0.39 is 8.80 Å². The predicted octanol–water partition coefficient (Wildman–Crippen LogP) is 2.99. The lowest BCUT2D eigenvalue weighted by atomic mass is 10.1. The average Bonchev–Trinajstić information content (AvgIpc) is 2.27. The zero-order chi connectivity index (χ0) is 12.5. The van der Waals surface area contributed by atoms with Gasteiger partial charge in [-0.2, -0.15) is 0 Å². The fourth-order valence-electron chi connectivity index (χ4n) is 2.11. The van der Waals surface area contributed by atoms with Gasteiger partial charge in [0.05, 0.1) is 0 Å². The molecule has 0 fully saturated rings. The second-order valence-electron chi connectivity index (χ2n) is 4.42. The van der Waals surface area contributed by atoms with E-state index in [0.717, 1.165) is 26.2 Å². The lowest BCUT2D eigenvalue weighted by Crippen LogP contribution is -2.41. The fraction of sp³-hybridized carbons (Fsp3) is 0.923. The van der Waals surface area contributed by atoms with Gasteiger partial charge >= 0.3 is 0 Å². The summed E-state index contributed by atoms with van der Waals surface area (Å²) in [5.41, 5.74) is 0. The van der Waals surface area contributed by atoms with Gasteiger partial charge in [0.2, 0.25) is 0 Å². The summed E-state index contributed by atoms with van der Waals surface area (Å²) in [5, 5.41) is 1.39. The molecule has 17 heavy (non-hydrogen) atoms. The smallest absolute Gasteiger partial charge is 0.171 e. The van der Waals surface area contributed by atoms with E-state index in [2.05, 4.69) is 6.55 Å². The van der Waals surface area contributed by atoms with Gasteiger partial charge in [-0.3, -0.25) is 4.99 Å². The van der Waals surface area contributed by atoms with Gasteiger partial charge in [-0.15, -0.1) is 0 Å². The summed E-state index contributed by atoms with van der Waals surface area (Å²) in [7, 11) is -0.787. The Kier molecular flexibility index (Phi) is 7.72. The second-order valence-corrected chi connectivity index (χ2v) is 6.83. The summed E-state index contributed by atoms with van der Waals surface area (Å²) in [5.74, 6) is -0.0202. The first-order chi connectivity index (χ1) is 8.29. The van der Waals surface area contributed by atoms with E-state index in [1.165, 1.54) is 31.0 Å². The van der Waals surface area contributed by atoms with Crippen molar-refractivity contribution < 1.29 is 9.47 Å². The molecule has 0 atom stereocenters. The summed E-state index contributed by atoms with van der Waals surface area (Å²) in [6.45, 7) is 8.78. The molecule has 0 aliphatic carbocycles. The first kappa shape index (κ1) is 14.9. The summed E-state index contributed by atoms with van der Waals surface area (Å²) >= 11 is 0. The van der Waals surface area contributed by atoms with E-state index in [1.54, 1.807) is 0 Å². The van der Waals surface area contributed by atoms with E-state index in [-0.39, 0.29) is 5.91 Å². The zero-order valence-corrected chi connectivity index (χ0v) is 12.5. The molecule has 1 rings (SSSR count). The summed E-state index contributed by atoms with van der Waals surface area (Å²) in [6, 6.07) is 0. The molecule has 0 saturated carbocycles. The van der Waals surface area contributed by atoms with Crippen LogP contribution in [-0.2, 0) is 9.47 Å². The lowest BCUT2D eigenvalue weighted by Gasteiger charge is -2.24. The van der Waals surface area contributed by atoms with E-state index >= 15 is 0 Å².